The largest absolute Gasteiger partial charge is 0.481 e. The van der Waals surface area contributed by atoms with E-state index in [0.29, 0.717) is 12.8 Å². The molecule has 9 heteroatoms. The first-order chi connectivity index (χ1) is 16.2. The van der Waals surface area contributed by atoms with E-state index in [1.54, 1.807) is 0 Å². The lowest BCUT2D eigenvalue weighted by atomic mass is 9.94. The van der Waals surface area contributed by atoms with E-state index in [2.05, 4.69) is 10.6 Å². The van der Waals surface area contributed by atoms with Crippen molar-refractivity contribution in [3.8, 4) is 11.1 Å². The monoisotopic (exact) mass is 472 g/mol. The quantitative estimate of drug-likeness (QED) is 0.513. The Morgan fingerprint density at radius 1 is 1.06 bits per heavy atom. The summed E-state index contributed by atoms with van der Waals surface area (Å²) in [5, 5.41) is 13.5. The van der Waals surface area contributed by atoms with Crippen LogP contribution in [0, 0.1) is 5.92 Å². The van der Waals surface area contributed by atoms with Crippen molar-refractivity contribution in [1.82, 2.24) is 10.6 Å². The SMILES string of the molecule is CC(NC(=O)OCC1c2ccccc2-c2ccccc21)(C(=O)NC(CC(=O)O)C(F)F)C1CC1. The van der Waals surface area contributed by atoms with E-state index < -0.39 is 42.4 Å². The van der Waals surface area contributed by atoms with Crippen molar-refractivity contribution in [1.29, 1.82) is 0 Å². The van der Waals surface area contributed by atoms with Crippen LogP contribution < -0.4 is 10.6 Å². The first kappa shape index (κ1) is 23.7. The van der Waals surface area contributed by atoms with Crippen LogP contribution in [0.5, 0.6) is 0 Å². The van der Waals surface area contributed by atoms with Gasteiger partial charge in [0.05, 0.1) is 6.42 Å². The molecule has 180 valence electrons. The maximum absolute atomic E-state index is 13.2. The molecule has 2 aliphatic rings. The number of nitrogens with one attached hydrogen (secondary N) is 2. The summed E-state index contributed by atoms with van der Waals surface area (Å²) in [6, 6.07) is 13.9. The lowest BCUT2D eigenvalue weighted by Crippen LogP contribution is -2.61. The summed E-state index contributed by atoms with van der Waals surface area (Å²) in [4.78, 5) is 36.5. The van der Waals surface area contributed by atoms with Crippen molar-refractivity contribution < 1.29 is 33.0 Å². The molecule has 0 bridgehead atoms. The number of carboxylic acid groups (broad SMARTS) is 1. The summed E-state index contributed by atoms with van der Waals surface area (Å²) in [6.07, 6.45) is -3.55. The van der Waals surface area contributed by atoms with E-state index in [-0.39, 0.29) is 18.4 Å². The van der Waals surface area contributed by atoms with E-state index in [1.165, 1.54) is 6.92 Å². The highest BCUT2D eigenvalue weighted by Gasteiger charge is 2.49. The molecule has 34 heavy (non-hydrogen) atoms. The van der Waals surface area contributed by atoms with E-state index in [9.17, 15) is 23.2 Å². The zero-order valence-corrected chi connectivity index (χ0v) is 18.6. The fraction of sp³-hybridized carbons (Fsp3) is 0.400. The van der Waals surface area contributed by atoms with Gasteiger partial charge in [0.2, 0.25) is 5.91 Å². The van der Waals surface area contributed by atoms with E-state index in [4.69, 9.17) is 9.84 Å². The van der Waals surface area contributed by atoms with Gasteiger partial charge < -0.3 is 20.5 Å². The summed E-state index contributed by atoms with van der Waals surface area (Å²) >= 11 is 0. The summed E-state index contributed by atoms with van der Waals surface area (Å²) < 4.78 is 32.0. The maximum atomic E-state index is 13.2. The Balaban J connectivity index is 1.44. The van der Waals surface area contributed by atoms with Crippen LogP contribution in [0.15, 0.2) is 48.5 Å². The molecule has 0 aromatic heterocycles. The number of alkyl halides is 2. The van der Waals surface area contributed by atoms with E-state index in [0.717, 1.165) is 22.3 Å². The molecule has 0 aliphatic heterocycles. The number of aliphatic carboxylic acids is 1. The van der Waals surface area contributed by atoms with Gasteiger partial charge in [-0.2, -0.15) is 0 Å². The molecule has 0 spiro atoms. The number of benzene rings is 2. The Morgan fingerprint density at radius 3 is 2.12 bits per heavy atom. The molecule has 7 nitrogen and oxygen atoms in total. The van der Waals surface area contributed by atoms with E-state index in [1.807, 2.05) is 48.5 Å². The minimum absolute atomic E-state index is 0.0426. The Morgan fingerprint density at radius 2 is 1.62 bits per heavy atom. The Bertz CT molecular complexity index is 1060. The predicted octanol–water partition coefficient (Wildman–Crippen LogP) is 3.92. The van der Waals surface area contributed by atoms with Crippen molar-refractivity contribution in [2.24, 2.45) is 5.92 Å². The molecule has 0 heterocycles. The fourth-order valence-electron chi connectivity index (χ4n) is 4.56. The number of alkyl carbamates (subject to hydrolysis) is 1. The minimum Gasteiger partial charge on any atom is -0.481 e. The van der Waals surface area contributed by atoms with Crippen LogP contribution in [0.4, 0.5) is 13.6 Å². The smallest absolute Gasteiger partial charge is 0.408 e. The van der Waals surface area contributed by atoms with Gasteiger partial charge in [-0.15, -0.1) is 0 Å². The fourth-order valence-corrected chi connectivity index (χ4v) is 4.56. The van der Waals surface area contributed by atoms with Crippen molar-refractivity contribution in [2.75, 3.05) is 6.61 Å². The summed E-state index contributed by atoms with van der Waals surface area (Å²) in [6.45, 7) is 1.49. The number of ether oxygens (including phenoxy) is 1. The minimum atomic E-state index is -3.06. The summed E-state index contributed by atoms with van der Waals surface area (Å²) in [5.41, 5.74) is 2.73. The van der Waals surface area contributed by atoms with Crippen LogP contribution >= 0.6 is 0 Å². The third-order valence-electron chi connectivity index (χ3n) is 6.59. The molecule has 0 radical (unpaired) electrons. The average Bonchev–Trinajstić information content (AvgIpc) is 3.61. The molecule has 2 aliphatic carbocycles. The predicted molar refractivity (Wildman–Crippen MR) is 120 cm³/mol. The molecule has 2 aromatic rings. The molecule has 2 amide bonds. The second kappa shape index (κ2) is 9.40. The second-order valence-electron chi connectivity index (χ2n) is 8.94. The number of fused-ring (bicyclic) bond motifs is 3. The number of carbonyl (C=O) groups is 3. The van der Waals surface area contributed by atoms with Gasteiger partial charge in [-0.3, -0.25) is 9.59 Å². The van der Waals surface area contributed by atoms with Crippen LogP contribution in [0.25, 0.3) is 11.1 Å². The molecule has 0 saturated heterocycles. The maximum Gasteiger partial charge on any atom is 0.408 e. The van der Waals surface area contributed by atoms with Gasteiger partial charge >= 0.3 is 12.1 Å². The second-order valence-corrected chi connectivity index (χ2v) is 8.94. The third kappa shape index (κ3) is 4.73. The van der Waals surface area contributed by atoms with Crippen molar-refractivity contribution in [3.63, 3.8) is 0 Å². The standard InChI is InChI=1S/C25H26F2N2O5/c1-25(14-10-11-14,23(32)28-20(22(26)27)12-21(30)31)29-24(33)34-13-19-17-8-4-2-6-15(17)16-7-3-5-9-18(16)19/h2-9,14,19-20,22H,10-13H2,1H3,(H,28,32)(H,29,33)(H,30,31). The number of halogens is 2. The zero-order valence-electron chi connectivity index (χ0n) is 18.6. The van der Waals surface area contributed by atoms with E-state index >= 15 is 0 Å². The van der Waals surface area contributed by atoms with Crippen LogP contribution in [0.2, 0.25) is 0 Å². The number of rotatable bonds is 9. The molecule has 2 unspecified atom stereocenters. The molecule has 4 rings (SSSR count). The zero-order chi connectivity index (χ0) is 24.5. The third-order valence-corrected chi connectivity index (χ3v) is 6.59. The highest BCUT2D eigenvalue weighted by Crippen LogP contribution is 2.44. The van der Waals surface area contributed by atoms with Crippen LogP contribution in [0.1, 0.15) is 43.2 Å². The summed E-state index contributed by atoms with van der Waals surface area (Å²) in [7, 11) is 0. The first-order valence-corrected chi connectivity index (χ1v) is 11.1. The normalized spacial score (nSPS) is 17.3. The molecule has 3 N–H and O–H groups in total. The van der Waals surface area contributed by atoms with Gasteiger partial charge in [0.25, 0.3) is 6.43 Å². The topological polar surface area (TPSA) is 105 Å². The lowest BCUT2D eigenvalue weighted by molar-refractivity contribution is -0.139. The van der Waals surface area contributed by atoms with Crippen molar-refractivity contribution in [3.05, 3.63) is 59.7 Å². The van der Waals surface area contributed by atoms with Gasteiger partial charge in [0.1, 0.15) is 18.2 Å². The highest BCUT2D eigenvalue weighted by atomic mass is 19.3. The number of carboxylic acids is 1. The Kier molecular flexibility index (Phi) is 6.54. The first-order valence-electron chi connectivity index (χ1n) is 11.1. The van der Waals surface area contributed by atoms with Crippen LogP contribution in [-0.4, -0.2) is 47.7 Å². The van der Waals surface area contributed by atoms with Gasteiger partial charge in [-0.25, -0.2) is 13.6 Å². The van der Waals surface area contributed by atoms with Crippen LogP contribution in [-0.2, 0) is 14.3 Å². The molecule has 2 aromatic carbocycles. The molecule has 2 atom stereocenters. The van der Waals surface area contributed by atoms with Gasteiger partial charge in [-0.05, 0) is 47.9 Å². The number of hydrogen-bond acceptors (Lipinski definition) is 4. The molecule has 1 saturated carbocycles. The lowest BCUT2D eigenvalue weighted by Gasteiger charge is -2.31. The number of carbonyl (C=O) groups excluding carboxylic acids is 2. The van der Waals surface area contributed by atoms with Crippen LogP contribution in [0.3, 0.4) is 0 Å². The van der Waals surface area contributed by atoms with Crippen molar-refractivity contribution >= 4 is 18.0 Å². The van der Waals surface area contributed by atoms with Gasteiger partial charge in [-0.1, -0.05) is 48.5 Å². The average molecular weight is 472 g/mol. The Hall–Kier alpha value is -3.49. The van der Waals surface area contributed by atoms with Gasteiger partial charge in [0, 0.05) is 5.92 Å². The number of amides is 2. The van der Waals surface area contributed by atoms with Crippen molar-refractivity contribution in [2.45, 2.75) is 50.1 Å². The highest BCUT2D eigenvalue weighted by molar-refractivity contribution is 5.91. The molecular weight excluding hydrogens is 446 g/mol. The number of hydrogen-bond donors (Lipinski definition) is 3. The summed E-state index contributed by atoms with van der Waals surface area (Å²) in [5.74, 6) is -2.73. The van der Waals surface area contributed by atoms with Gasteiger partial charge in [0.15, 0.2) is 0 Å². The molecular formula is C25H26F2N2O5. The molecule has 1 fully saturated rings. The Labute approximate surface area is 195 Å².